The minimum atomic E-state index is -4.47. The van der Waals surface area contributed by atoms with Gasteiger partial charge >= 0.3 is 13.8 Å². The molecule has 0 aliphatic rings. The van der Waals surface area contributed by atoms with Crippen LogP contribution in [0.3, 0.4) is 0 Å². The van der Waals surface area contributed by atoms with Gasteiger partial charge in [-0.3, -0.25) is 18.6 Å². The highest BCUT2D eigenvalue weighted by Gasteiger charge is 2.30. The van der Waals surface area contributed by atoms with E-state index in [2.05, 4.69) is 123 Å². The summed E-state index contributed by atoms with van der Waals surface area (Å²) in [6.45, 7) is 6.82. The van der Waals surface area contributed by atoms with Crippen molar-refractivity contribution in [1.29, 1.82) is 0 Å². The van der Waals surface area contributed by atoms with Crippen LogP contribution < -0.4 is 5.32 Å². The average Bonchev–Trinajstić information content (AvgIpc) is 3.39. The number of allylic oxidation sites excluding steroid dienone is 17. The maximum Gasteiger partial charge on any atom is 0.472 e. The number of unbranched alkanes of at least 4 members (excludes halogenated alkanes) is 23. The van der Waals surface area contributed by atoms with E-state index in [0.29, 0.717) is 17.4 Å². The van der Waals surface area contributed by atoms with Crippen molar-refractivity contribution in [2.24, 2.45) is 0 Å². The Balaban J connectivity index is 5.38. The third kappa shape index (κ3) is 57.2. The molecule has 0 fully saturated rings. The maximum absolute atomic E-state index is 13.5. The first-order valence-electron chi connectivity index (χ1n) is 31.2. The van der Waals surface area contributed by atoms with E-state index in [1.54, 1.807) is 0 Å². The zero-order chi connectivity index (χ0) is 56.4. The Morgan fingerprint density at radius 1 is 0.468 bits per heavy atom. The molecule has 0 aromatic carbocycles. The van der Waals surface area contributed by atoms with Crippen molar-refractivity contribution in [2.45, 2.75) is 264 Å². The number of amides is 1. The molecule has 0 aliphatic carbocycles. The third-order valence-corrected chi connectivity index (χ3v) is 14.2. The second kappa shape index (κ2) is 56.0. The quantitative estimate of drug-likeness (QED) is 0.0205. The van der Waals surface area contributed by atoms with Crippen molar-refractivity contribution in [1.82, 2.24) is 5.32 Å². The first-order chi connectivity index (χ1) is 37.4. The largest absolute Gasteiger partial charge is 0.472 e. The number of esters is 1. The summed E-state index contributed by atoms with van der Waals surface area (Å²) in [5.41, 5.74) is 0. The Labute approximate surface area is 474 Å². The lowest BCUT2D eigenvalue weighted by Gasteiger charge is -2.27. The summed E-state index contributed by atoms with van der Waals surface area (Å²) >= 11 is 0. The lowest BCUT2D eigenvalue weighted by Crippen LogP contribution is -2.47. The van der Waals surface area contributed by atoms with E-state index in [0.717, 1.165) is 103 Å². The second-order valence-corrected chi connectivity index (χ2v) is 23.3. The smallest absolute Gasteiger partial charge is 0.456 e. The van der Waals surface area contributed by atoms with Gasteiger partial charge in [0.2, 0.25) is 5.91 Å². The van der Waals surface area contributed by atoms with Crippen molar-refractivity contribution >= 4 is 19.7 Å². The molecule has 442 valence electrons. The van der Waals surface area contributed by atoms with Crippen molar-refractivity contribution in [3.8, 4) is 0 Å². The molecule has 0 spiro atoms. The van der Waals surface area contributed by atoms with Gasteiger partial charge in [0.25, 0.3) is 0 Å². The molecular formula is C67H118N2O7P+. The Morgan fingerprint density at radius 2 is 0.844 bits per heavy atom. The van der Waals surface area contributed by atoms with Crippen molar-refractivity contribution in [3.63, 3.8) is 0 Å². The van der Waals surface area contributed by atoms with E-state index >= 15 is 0 Å². The van der Waals surface area contributed by atoms with Crippen LogP contribution >= 0.6 is 7.82 Å². The van der Waals surface area contributed by atoms with Gasteiger partial charge in [-0.15, -0.1) is 0 Å². The van der Waals surface area contributed by atoms with E-state index in [1.165, 1.54) is 109 Å². The molecule has 0 radical (unpaired) electrons. The van der Waals surface area contributed by atoms with E-state index < -0.39 is 20.0 Å². The molecule has 0 saturated heterocycles. The first-order valence-corrected chi connectivity index (χ1v) is 32.7. The molecule has 0 saturated carbocycles. The van der Waals surface area contributed by atoms with Crippen LogP contribution in [0.25, 0.3) is 0 Å². The fourth-order valence-corrected chi connectivity index (χ4v) is 9.13. The van der Waals surface area contributed by atoms with Crippen LogP contribution in [0.2, 0.25) is 0 Å². The Bertz CT molecular complexity index is 1690. The fraction of sp³-hybridized carbons (Fsp3) is 0.701. The predicted molar refractivity (Wildman–Crippen MR) is 332 cm³/mol. The van der Waals surface area contributed by atoms with Gasteiger partial charge in [-0.2, -0.15) is 0 Å². The number of carbonyl (C=O) groups is 2. The molecule has 1 amide bonds. The number of ether oxygens (including phenoxy) is 1. The molecule has 0 bridgehead atoms. The lowest BCUT2D eigenvalue weighted by molar-refractivity contribution is -0.870. The topological polar surface area (TPSA) is 111 Å². The maximum atomic E-state index is 13.5. The van der Waals surface area contributed by atoms with Gasteiger partial charge in [0.1, 0.15) is 19.3 Å². The number of hydrogen-bond acceptors (Lipinski definition) is 6. The summed E-state index contributed by atoms with van der Waals surface area (Å²) < 4.78 is 30.7. The number of carbonyl (C=O) groups excluding carboxylic acids is 2. The lowest BCUT2D eigenvalue weighted by atomic mass is 10.0. The standard InChI is InChI=1S/C67H117N2O7P/c1-7-10-13-16-19-22-25-28-30-32-33-34-35-37-39-42-45-48-51-54-57-60-67(71)76-65(58-55-52-49-46-43-40-27-24-21-18-15-12-9-3)64(63-75-77(72,73)74-62-61-69(4,5)6)68-66(70)59-56-53-50-47-44-41-38-36-31-29-26-23-20-17-14-11-8-2/h11,14,19-20,22-23,28-31,33-34,38,41,47,50,55,58,64-65H,7-10,12-13,15-18,21,24-27,32,35-37,39-40,42-46,48-49,51-54,56-57,59-63H2,1-6H3,(H-,68,70,72,73)/p+1/b14-11-,22-19-,23-20-,30-28-,31-29-,34-33-,41-38-,50-47-,58-55+. The van der Waals surface area contributed by atoms with Gasteiger partial charge in [-0.25, -0.2) is 4.57 Å². The fourth-order valence-electron chi connectivity index (χ4n) is 8.39. The third-order valence-electron chi connectivity index (χ3n) is 13.2. The molecule has 9 nitrogen and oxygen atoms in total. The Hall–Kier alpha value is -3.33. The van der Waals surface area contributed by atoms with E-state index in [-0.39, 0.29) is 37.9 Å². The van der Waals surface area contributed by atoms with Crippen LogP contribution in [0.15, 0.2) is 109 Å². The number of likely N-dealkylation sites (N-methyl/N-ethyl adjacent to an activating group) is 1. The highest BCUT2D eigenvalue weighted by molar-refractivity contribution is 7.47. The SMILES string of the molecule is CC/C=C\C/C=C\C/C=C\C/C=C\C/C=C\CCCC(=O)NC(COP(=O)(O)OCC[N+](C)(C)C)C(/C=C/CCCCCCCCCCCCC)OC(=O)CCCCCCCCCC/C=C\C/C=C\C/C=C\CCCCC. The number of rotatable bonds is 55. The van der Waals surface area contributed by atoms with Crippen LogP contribution in [-0.2, 0) is 27.9 Å². The highest BCUT2D eigenvalue weighted by atomic mass is 31.2. The van der Waals surface area contributed by atoms with Gasteiger partial charge in [-0.1, -0.05) is 240 Å². The van der Waals surface area contributed by atoms with Crippen LogP contribution in [0, 0.1) is 0 Å². The van der Waals surface area contributed by atoms with Crippen LogP contribution in [0.5, 0.6) is 0 Å². The number of phosphoric acid groups is 1. The molecule has 10 heteroatoms. The first kappa shape index (κ1) is 73.7. The predicted octanol–water partition coefficient (Wildman–Crippen LogP) is 19.3. The van der Waals surface area contributed by atoms with Gasteiger partial charge in [-0.05, 0) is 109 Å². The zero-order valence-electron chi connectivity index (χ0n) is 50.4. The van der Waals surface area contributed by atoms with Crippen molar-refractivity contribution < 1.29 is 37.3 Å². The summed E-state index contributed by atoms with van der Waals surface area (Å²) in [5.74, 6) is -0.586. The second-order valence-electron chi connectivity index (χ2n) is 21.8. The molecule has 0 rings (SSSR count). The Morgan fingerprint density at radius 3 is 1.30 bits per heavy atom. The number of nitrogens with zero attached hydrogens (tertiary/aromatic N) is 1. The van der Waals surface area contributed by atoms with Gasteiger partial charge in [0, 0.05) is 12.8 Å². The molecule has 0 aromatic rings. The average molecular weight is 1090 g/mol. The van der Waals surface area contributed by atoms with Gasteiger partial charge in [0.15, 0.2) is 0 Å². The van der Waals surface area contributed by atoms with E-state index in [4.69, 9.17) is 13.8 Å². The van der Waals surface area contributed by atoms with Crippen LogP contribution in [-0.4, -0.2) is 74.3 Å². The number of nitrogens with one attached hydrogen (secondary N) is 1. The Kier molecular flexibility index (Phi) is 53.5. The van der Waals surface area contributed by atoms with E-state index in [1.807, 2.05) is 33.3 Å². The minimum Gasteiger partial charge on any atom is -0.456 e. The summed E-state index contributed by atoms with van der Waals surface area (Å²) in [4.78, 5) is 37.7. The molecule has 0 aromatic heterocycles. The monoisotopic (exact) mass is 1090 g/mol. The summed E-state index contributed by atoms with van der Waals surface area (Å²) in [5, 5.41) is 3.02. The number of hydrogen-bond donors (Lipinski definition) is 2. The summed E-state index contributed by atoms with van der Waals surface area (Å²) in [6.07, 6.45) is 76.6. The molecule has 0 aliphatic heterocycles. The molecule has 2 N–H and O–H groups in total. The summed E-state index contributed by atoms with van der Waals surface area (Å²) in [7, 11) is 1.44. The molecule has 3 atom stereocenters. The van der Waals surface area contributed by atoms with Gasteiger partial charge < -0.3 is 19.4 Å². The van der Waals surface area contributed by atoms with E-state index in [9.17, 15) is 19.0 Å². The highest BCUT2D eigenvalue weighted by Crippen LogP contribution is 2.43. The summed E-state index contributed by atoms with van der Waals surface area (Å²) in [6, 6.07) is -0.888. The minimum absolute atomic E-state index is 0.0230. The molecular weight excluding hydrogens is 976 g/mol. The normalized spacial score (nSPS) is 14.4. The van der Waals surface area contributed by atoms with Crippen LogP contribution in [0.1, 0.15) is 252 Å². The zero-order valence-corrected chi connectivity index (χ0v) is 51.3. The molecule has 77 heavy (non-hydrogen) atoms. The molecule has 0 heterocycles. The number of quaternary nitrogens is 1. The van der Waals surface area contributed by atoms with Crippen molar-refractivity contribution in [2.75, 3.05) is 40.9 Å². The van der Waals surface area contributed by atoms with Crippen LogP contribution in [0.4, 0.5) is 0 Å². The van der Waals surface area contributed by atoms with Gasteiger partial charge in [0.05, 0.1) is 33.8 Å². The number of phosphoric ester groups is 1. The van der Waals surface area contributed by atoms with Crippen molar-refractivity contribution in [3.05, 3.63) is 109 Å². The molecule has 3 unspecified atom stereocenters.